The molecule has 0 radical (unpaired) electrons. The number of phenolic OH excluding ortho intramolecular Hbond substituents is 1. The van der Waals surface area contributed by atoms with Crippen molar-refractivity contribution < 1.29 is 9.52 Å². The van der Waals surface area contributed by atoms with Crippen LogP contribution in [0.5, 0.6) is 5.75 Å². The Morgan fingerprint density at radius 3 is 2.55 bits per heavy atom. The number of fused-ring (bicyclic) bond motifs is 1. The van der Waals surface area contributed by atoms with Gasteiger partial charge in [-0.2, -0.15) is 0 Å². The molecule has 2 aromatic carbocycles. The molecule has 0 aliphatic rings. The zero-order valence-electron chi connectivity index (χ0n) is 11.3. The maximum atomic E-state index is 9.31. The lowest BCUT2D eigenvalue weighted by atomic mass is 10.2. The molecule has 4 nitrogen and oxygen atoms in total. The minimum Gasteiger partial charge on any atom is -0.508 e. The summed E-state index contributed by atoms with van der Waals surface area (Å²) in [6.07, 6.45) is 0. The monoisotopic (exact) mass is 330 g/mol. The third kappa shape index (κ3) is 2.95. The number of rotatable bonds is 2. The Hall–Kier alpha value is -2.37. The van der Waals surface area contributed by atoms with Crippen molar-refractivity contribution in [1.29, 1.82) is 0 Å². The van der Waals surface area contributed by atoms with Crippen LogP contribution in [0.2, 0.25) is 5.02 Å². The first-order chi connectivity index (χ1) is 10.5. The first-order valence-electron chi connectivity index (χ1n) is 6.40. The van der Waals surface area contributed by atoms with Crippen LogP contribution in [0.15, 0.2) is 57.9 Å². The molecule has 0 aliphatic heterocycles. The van der Waals surface area contributed by atoms with Crippen LogP contribution in [0.3, 0.4) is 0 Å². The van der Waals surface area contributed by atoms with Gasteiger partial charge in [-0.05, 0) is 48.5 Å². The Bertz CT molecular complexity index is 933. The van der Waals surface area contributed by atoms with E-state index in [0.29, 0.717) is 27.4 Å². The summed E-state index contributed by atoms with van der Waals surface area (Å²) in [6.45, 7) is 0. The van der Waals surface area contributed by atoms with E-state index in [0.717, 1.165) is 5.39 Å². The maximum Gasteiger partial charge on any atom is 0.230 e. The van der Waals surface area contributed by atoms with E-state index < -0.39 is 0 Å². The standard InChI is InChI=1S/C16H11ClN2O2S/c17-10-1-6-14-9(7-10)8-13(15(18)22)16(21-14)19-11-2-4-12(20)5-3-11/h1-8,20H,(H2,18,22). The molecule has 1 heterocycles. The molecule has 1 aromatic heterocycles. The van der Waals surface area contributed by atoms with Crippen LogP contribution in [0.1, 0.15) is 5.56 Å². The van der Waals surface area contributed by atoms with Crippen LogP contribution >= 0.6 is 23.8 Å². The number of aromatic hydroxyl groups is 1. The van der Waals surface area contributed by atoms with Gasteiger partial charge in [-0.3, -0.25) is 0 Å². The Labute approximate surface area is 136 Å². The third-order valence-corrected chi connectivity index (χ3v) is 3.51. The topological polar surface area (TPSA) is 71.8 Å². The fraction of sp³-hybridized carbons (Fsp3) is 0. The molecule has 0 spiro atoms. The molecule has 22 heavy (non-hydrogen) atoms. The predicted molar refractivity (Wildman–Crippen MR) is 90.4 cm³/mol. The number of phenols is 1. The molecule has 3 aromatic rings. The molecular weight excluding hydrogens is 320 g/mol. The van der Waals surface area contributed by atoms with Gasteiger partial charge < -0.3 is 15.3 Å². The molecule has 0 atom stereocenters. The number of thiocarbonyl (C=S) groups is 1. The number of nitrogens with two attached hydrogens (primary N) is 1. The van der Waals surface area contributed by atoms with E-state index in [9.17, 15) is 5.11 Å². The van der Waals surface area contributed by atoms with E-state index in [1.165, 1.54) is 0 Å². The Kier molecular flexibility index (Phi) is 3.83. The van der Waals surface area contributed by atoms with Gasteiger partial charge in [0, 0.05) is 10.4 Å². The number of halogens is 1. The minimum atomic E-state index is 0.165. The van der Waals surface area contributed by atoms with Gasteiger partial charge in [-0.1, -0.05) is 23.8 Å². The molecule has 0 unspecified atom stereocenters. The molecule has 3 rings (SSSR count). The smallest absolute Gasteiger partial charge is 0.230 e. The summed E-state index contributed by atoms with van der Waals surface area (Å²) >= 11 is 11.0. The first-order valence-corrected chi connectivity index (χ1v) is 7.18. The highest BCUT2D eigenvalue weighted by Gasteiger charge is 2.07. The summed E-state index contributed by atoms with van der Waals surface area (Å²) in [5.74, 6) is 0.165. The van der Waals surface area contributed by atoms with Crippen molar-refractivity contribution in [2.75, 3.05) is 0 Å². The molecule has 0 amide bonds. The summed E-state index contributed by atoms with van der Waals surface area (Å²) in [4.78, 5) is 4.58. The van der Waals surface area contributed by atoms with Gasteiger partial charge in [0.2, 0.25) is 5.55 Å². The van der Waals surface area contributed by atoms with Crippen LogP contribution in [0.4, 0.5) is 5.69 Å². The summed E-state index contributed by atoms with van der Waals surface area (Å²) < 4.78 is 5.79. The zero-order chi connectivity index (χ0) is 15.7. The highest BCUT2D eigenvalue weighted by molar-refractivity contribution is 7.80. The molecule has 0 saturated carbocycles. The van der Waals surface area contributed by atoms with Gasteiger partial charge in [-0.15, -0.1) is 0 Å². The van der Waals surface area contributed by atoms with Gasteiger partial charge in [0.15, 0.2) is 0 Å². The maximum absolute atomic E-state index is 9.31. The Morgan fingerprint density at radius 2 is 1.86 bits per heavy atom. The SMILES string of the molecule is NC(=S)c1cc2cc(Cl)ccc2oc1=Nc1ccc(O)cc1. The van der Waals surface area contributed by atoms with Gasteiger partial charge in [0.25, 0.3) is 0 Å². The van der Waals surface area contributed by atoms with Gasteiger partial charge in [0.05, 0.1) is 11.3 Å². The average Bonchev–Trinajstić information content (AvgIpc) is 2.49. The summed E-state index contributed by atoms with van der Waals surface area (Å²) in [6, 6.07) is 13.5. The fourth-order valence-electron chi connectivity index (χ4n) is 2.01. The van der Waals surface area contributed by atoms with E-state index in [4.69, 9.17) is 34.0 Å². The molecule has 6 heteroatoms. The van der Waals surface area contributed by atoms with E-state index >= 15 is 0 Å². The van der Waals surface area contributed by atoms with E-state index in [1.54, 1.807) is 48.5 Å². The Balaban J connectivity index is 2.27. The molecule has 0 aliphatic carbocycles. The van der Waals surface area contributed by atoms with Crippen molar-refractivity contribution in [3.63, 3.8) is 0 Å². The van der Waals surface area contributed by atoms with Crippen molar-refractivity contribution in [2.24, 2.45) is 10.7 Å². The second-order valence-corrected chi connectivity index (χ2v) is 5.52. The van der Waals surface area contributed by atoms with Crippen LogP contribution < -0.4 is 11.3 Å². The molecule has 110 valence electrons. The molecular formula is C16H11ClN2O2S. The summed E-state index contributed by atoms with van der Waals surface area (Å²) in [5.41, 5.74) is 7.84. The molecule has 0 saturated heterocycles. The van der Waals surface area contributed by atoms with Crippen LogP contribution in [-0.2, 0) is 0 Å². The van der Waals surface area contributed by atoms with E-state index in [2.05, 4.69) is 4.99 Å². The third-order valence-electron chi connectivity index (χ3n) is 3.05. The second kappa shape index (κ2) is 5.79. The second-order valence-electron chi connectivity index (χ2n) is 4.64. The number of nitrogens with zero attached hydrogens (tertiary/aromatic N) is 1. The van der Waals surface area contributed by atoms with Crippen molar-refractivity contribution in [1.82, 2.24) is 0 Å². The lowest BCUT2D eigenvalue weighted by Gasteiger charge is -2.04. The highest BCUT2D eigenvalue weighted by atomic mass is 35.5. The molecule has 3 N–H and O–H groups in total. The van der Waals surface area contributed by atoms with Crippen LogP contribution in [0.25, 0.3) is 11.0 Å². The normalized spacial score (nSPS) is 11.8. The van der Waals surface area contributed by atoms with Crippen molar-refractivity contribution >= 4 is 45.5 Å². The summed E-state index contributed by atoms with van der Waals surface area (Å²) in [5, 5.41) is 10.7. The first kappa shape index (κ1) is 14.6. The van der Waals surface area contributed by atoms with Gasteiger partial charge >= 0.3 is 0 Å². The van der Waals surface area contributed by atoms with E-state index in [1.807, 2.05) is 0 Å². The number of hydrogen-bond acceptors (Lipinski definition) is 4. The molecule has 0 bridgehead atoms. The lowest BCUT2D eigenvalue weighted by Crippen LogP contribution is -2.20. The zero-order valence-corrected chi connectivity index (χ0v) is 12.9. The van der Waals surface area contributed by atoms with Crippen LogP contribution in [-0.4, -0.2) is 10.1 Å². The Morgan fingerprint density at radius 1 is 1.14 bits per heavy atom. The average molecular weight is 331 g/mol. The minimum absolute atomic E-state index is 0.165. The van der Waals surface area contributed by atoms with Crippen molar-refractivity contribution in [3.05, 3.63) is 64.7 Å². The highest BCUT2D eigenvalue weighted by Crippen LogP contribution is 2.20. The summed E-state index contributed by atoms with van der Waals surface area (Å²) in [7, 11) is 0. The van der Waals surface area contributed by atoms with E-state index in [-0.39, 0.29) is 10.7 Å². The number of hydrogen-bond donors (Lipinski definition) is 2. The predicted octanol–water partition coefficient (Wildman–Crippen LogP) is 3.66. The van der Waals surface area contributed by atoms with Gasteiger partial charge in [-0.25, -0.2) is 4.99 Å². The molecule has 0 fully saturated rings. The quantitative estimate of drug-likeness (QED) is 0.703. The number of benzene rings is 2. The van der Waals surface area contributed by atoms with Gasteiger partial charge in [0.1, 0.15) is 16.3 Å². The fourth-order valence-corrected chi connectivity index (χ4v) is 2.33. The largest absolute Gasteiger partial charge is 0.508 e. The van der Waals surface area contributed by atoms with Crippen molar-refractivity contribution in [2.45, 2.75) is 0 Å². The lowest BCUT2D eigenvalue weighted by molar-refractivity contribution is 0.475. The van der Waals surface area contributed by atoms with Crippen LogP contribution in [0, 0.1) is 0 Å². The van der Waals surface area contributed by atoms with Crippen molar-refractivity contribution in [3.8, 4) is 5.75 Å².